The van der Waals surface area contributed by atoms with Crippen molar-refractivity contribution in [1.29, 1.82) is 0 Å². The minimum absolute atomic E-state index is 0.139. The highest BCUT2D eigenvalue weighted by atomic mass is 16.5. The largest absolute Gasteiger partial charge is 0.493 e. The van der Waals surface area contributed by atoms with Crippen molar-refractivity contribution >= 4 is 5.97 Å². The minimum atomic E-state index is -0.746. The molecule has 1 aliphatic heterocycles. The second-order valence-corrected chi connectivity index (χ2v) is 5.64. The van der Waals surface area contributed by atoms with E-state index in [9.17, 15) is 4.79 Å². The Morgan fingerprint density at radius 3 is 2.59 bits per heavy atom. The van der Waals surface area contributed by atoms with E-state index in [2.05, 4.69) is 11.8 Å². The number of ether oxygens (including phenoxy) is 2. The molecule has 0 saturated carbocycles. The Labute approximate surface area is 131 Å². The molecule has 1 aromatic rings. The summed E-state index contributed by atoms with van der Waals surface area (Å²) in [4.78, 5) is 13.4. The quantitative estimate of drug-likeness (QED) is 0.839. The number of benzene rings is 1. The lowest BCUT2D eigenvalue weighted by atomic mass is 9.89. The first-order chi connectivity index (χ1) is 10.6. The fourth-order valence-corrected chi connectivity index (χ4v) is 3.23. The fraction of sp³-hybridized carbons (Fsp3) is 0.588. The Balaban J connectivity index is 2.36. The summed E-state index contributed by atoms with van der Waals surface area (Å²) in [5.41, 5.74) is 2.42. The molecule has 0 bridgehead atoms. The van der Waals surface area contributed by atoms with E-state index in [1.807, 2.05) is 12.1 Å². The number of carboxylic acid groups (broad SMARTS) is 1. The molecule has 1 unspecified atom stereocenters. The lowest BCUT2D eigenvalue weighted by Gasteiger charge is -2.37. The molecule has 1 aromatic carbocycles. The summed E-state index contributed by atoms with van der Waals surface area (Å²) in [7, 11) is 3.27. The third kappa shape index (κ3) is 3.53. The summed E-state index contributed by atoms with van der Waals surface area (Å²) >= 11 is 0. The van der Waals surface area contributed by atoms with Crippen molar-refractivity contribution in [2.75, 3.05) is 27.3 Å². The molecule has 0 amide bonds. The molecule has 1 aliphatic rings. The first-order valence-corrected chi connectivity index (χ1v) is 7.81. The molecule has 122 valence electrons. The lowest BCUT2D eigenvalue weighted by molar-refractivity contribution is -0.137. The Bertz CT molecular complexity index is 530. The second kappa shape index (κ2) is 7.49. The summed E-state index contributed by atoms with van der Waals surface area (Å²) in [6.45, 7) is 4.09. The van der Waals surface area contributed by atoms with Gasteiger partial charge in [0.2, 0.25) is 0 Å². The molecule has 2 rings (SSSR count). The maximum Gasteiger partial charge on any atom is 0.303 e. The predicted molar refractivity (Wildman–Crippen MR) is 84.7 cm³/mol. The number of fused-ring (bicyclic) bond motifs is 1. The zero-order chi connectivity index (χ0) is 16.1. The van der Waals surface area contributed by atoms with E-state index in [0.29, 0.717) is 12.2 Å². The van der Waals surface area contributed by atoms with Crippen molar-refractivity contribution in [2.45, 2.75) is 38.6 Å². The van der Waals surface area contributed by atoms with Crippen LogP contribution in [0.25, 0.3) is 0 Å². The van der Waals surface area contributed by atoms with E-state index in [1.54, 1.807) is 14.2 Å². The van der Waals surface area contributed by atoms with E-state index >= 15 is 0 Å². The molecule has 5 heteroatoms. The van der Waals surface area contributed by atoms with Crippen molar-refractivity contribution < 1.29 is 19.4 Å². The van der Waals surface area contributed by atoms with Gasteiger partial charge in [-0.1, -0.05) is 6.92 Å². The Morgan fingerprint density at radius 1 is 1.32 bits per heavy atom. The normalized spacial score (nSPS) is 17.9. The molecule has 0 aliphatic carbocycles. The zero-order valence-electron chi connectivity index (χ0n) is 13.6. The molecule has 1 atom stereocenters. The Hall–Kier alpha value is -1.75. The highest BCUT2D eigenvalue weighted by molar-refractivity contribution is 5.66. The van der Waals surface area contributed by atoms with Gasteiger partial charge in [-0.25, -0.2) is 0 Å². The SMILES string of the molecule is CCCN1CCc2cc(OC)c(OC)cc2C1CCC(=O)O. The zero-order valence-corrected chi connectivity index (χ0v) is 13.6. The first kappa shape index (κ1) is 16.6. The van der Waals surface area contributed by atoms with Gasteiger partial charge >= 0.3 is 5.97 Å². The number of nitrogens with zero attached hydrogens (tertiary/aromatic N) is 1. The number of rotatable bonds is 7. The predicted octanol–water partition coefficient (Wildman–Crippen LogP) is 2.88. The number of carboxylic acids is 1. The number of methoxy groups -OCH3 is 2. The van der Waals surface area contributed by atoms with Crippen molar-refractivity contribution in [3.8, 4) is 11.5 Å². The third-order valence-electron chi connectivity index (χ3n) is 4.26. The van der Waals surface area contributed by atoms with Crippen molar-refractivity contribution in [3.05, 3.63) is 23.3 Å². The molecule has 1 N–H and O–H groups in total. The summed E-state index contributed by atoms with van der Waals surface area (Å²) in [5, 5.41) is 9.03. The van der Waals surface area contributed by atoms with Crippen LogP contribution in [0, 0.1) is 0 Å². The van der Waals surface area contributed by atoms with Crippen molar-refractivity contribution in [3.63, 3.8) is 0 Å². The molecule has 22 heavy (non-hydrogen) atoms. The monoisotopic (exact) mass is 307 g/mol. The van der Waals surface area contributed by atoms with Crippen molar-refractivity contribution in [2.24, 2.45) is 0 Å². The lowest BCUT2D eigenvalue weighted by Crippen LogP contribution is -2.36. The smallest absolute Gasteiger partial charge is 0.303 e. The number of carbonyl (C=O) groups is 1. The second-order valence-electron chi connectivity index (χ2n) is 5.64. The topological polar surface area (TPSA) is 59.0 Å². The summed E-state index contributed by atoms with van der Waals surface area (Å²) < 4.78 is 10.8. The third-order valence-corrected chi connectivity index (χ3v) is 4.26. The van der Waals surface area contributed by atoms with E-state index in [1.165, 1.54) is 11.1 Å². The number of hydrogen-bond acceptors (Lipinski definition) is 4. The number of hydrogen-bond donors (Lipinski definition) is 1. The van der Waals surface area contributed by atoms with Crippen LogP contribution in [0.2, 0.25) is 0 Å². The van der Waals surface area contributed by atoms with Gasteiger partial charge in [0.1, 0.15) is 0 Å². The maximum absolute atomic E-state index is 11.0. The van der Waals surface area contributed by atoms with Crippen LogP contribution in [-0.4, -0.2) is 43.3 Å². The van der Waals surface area contributed by atoms with Crippen LogP contribution >= 0.6 is 0 Å². The van der Waals surface area contributed by atoms with Gasteiger partial charge in [0.05, 0.1) is 14.2 Å². The maximum atomic E-state index is 11.0. The fourth-order valence-electron chi connectivity index (χ4n) is 3.23. The summed E-state index contributed by atoms with van der Waals surface area (Å²) in [5.74, 6) is 0.700. The number of aliphatic carboxylic acids is 1. The highest BCUT2D eigenvalue weighted by Crippen LogP contribution is 2.39. The summed E-state index contributed by atoms with van der Waals surface area (Å²) in [6.07, 6.45) is 2.82. The Morgan fingerprint density at radius 2 is 2.00 bits per heavy atom. The molecular weight excluding hydrogens is 282 g/mol. The van der Waals surface area contributed by atoms with Crippen LogP contribution in [0.15, 0.2) is 12.1 Å². The van der Waals surface area contributed by atoms with Gasteiger partial charge in [-0.2, -0.15) is 0 Å². The van der Waals surface area contributed by atoms with Crippen LogP contribution in [0.4, 0.5) is 0 Å². The molecular formula is C17H25NO4. The van der Waals surface area contributed by atoms with Crippen LogP contribution in [-0.2, 0) is 11.2 Å². The molecule has 0 radical (unpaired) electrons. The Kier molecular flexibility index (Phi) is 5.66. The van der Waals surface area contributed by atoms with E-state index < -0.39 is 5.97 Å². The standard InChI is InChI=1S/C17H25NO4/c1-4-8-18-9-7-12-10-15(21-2)16(22-3)11-13(12)14(18)5-6-17(19)20/h10-11,14H,4-9H2,1-3H3,(H,19,20). The van der Waals surface area contributed by atoms with Crippen LogP contribution in [0.5, 0.6) is 11.5 Å². The van der Waals surface area contributed by atoms with Gasteiger partial charge in [0.15, 0.2) is 11.5 Å². The van der Waals surface area contributed by atoms with Crippen LogP contribution < -0.4 is 9.47 Å². The minimum Gasteiger partial charge on any atom is -0.493 e. The molecule has 0 spiro atoms. The molecule has 0 aromatic heterocycles. The molecule has 0 fully saturated rings. The van der Waals surface area contributed by atoms with Gasteiger partial charge < -0.3 is 14.6 Å². The van der Waals surface area contributed by atoms with Crippen LogP contribution in [0.3, 0.4) is 0 Å². The highest BCUT2D eigenvalue weighted by Gasteiger charge is 2.28. The van der Waals surface area contributed by atoms with Gasteiger partial charge in [-0.3, -0.25) is 9.69 Å². The van der Waals surface area contributed by atoms with E-state index in [-0.39, 0.29) is 12.5 Å². The van der Waals surface area contributed by atoms with E-state index in [4.69, 9.17) is 14.6 Å². The average molecular weight is 307 g/mol. The van der Waals surface area contributed by atoms with Gasteiger partial charge in [-0.15, -0.1) is 0 Å². The molecule has 0 saturated heterocycles. The van der Waals surface area contributed by atoms with Crippen LogP contribution in [0.1, 0.15) is 43.4 Å². The van der Waals surface area contributed by atoms with Gasteiger partial charge in [0, 0.05) is 19.0 Å². The molecule has 1 heterocycles. The van der Waals surface area contributed by atoms with E-state index in [0.717, 1.165) is 31.7 Å². The van der Waals surface area contributed by atoms with Gasteiger partial charge in [0.25, 0.3) is 0 Å². The molecule has 5 nitrogen and oxygen atoms in total. The van der Waals surface area contributed by atoms with Gasteiger partial charge in [-0.05, 0) is 49.1 Å². The first-order valence-electron chi connectivity index (χ1n) is 7.81. The average Bonchev–Trinajstić information content (AvgIpc) is 2.52. The summed E-state index contributed by atoms with van der Waals surface area (Å²) in [6, 6.07) is 4.19. The van der Waals surface area contributed by atoms with Crippen molar-refractivity contribution in [1.82, 2.24) is 4.90 Å².